The molecule has 2 atom stereocenters. The number of aliphatic carboxylic acids is 2. The van der Waals surface area contributed by atoms with E-state index >= 15 is 0 Å². The molecular weight excluding hydrogens is 222 g/mol. The molecule has 0 amide bonds. The number of hydrogen-bond donors (Lipinski definition) is 6. The molecule has 9 nitrogen and oxygen atoms in total. The van der Waals surface area contributed by atoms with Crippen LogP contribution in [0.5, 0.6) is 0 Å². The lowest BCUT2D eigenvalue weighted by atomic mass is 10.2. The van der Waals surface area contributed by atoms with E-state index in [-0.39, 0.29) is 13.0 Å². The van der Waals surface area contributed by atoms with Crippen molar-refractivity contribution < 1.29 is 29.7 Å². The van der Waals surface area contributed by atoms with Crippen LogP contribution in [0.3, 0.4) is 0 Å². The molecule has 16 heavy (non-hydrogen) atoms. The lowest BCUT2D eigenvalue weighted by Crippen LogP contribution is -2.54. The summed E-state index contributed by atoms with van der Waals surface area (Å²) in [5.41, 5.74) is 4.44. The maximum absolute atomic E-state index is 10.7. The van der Waals surface area contributed by atoms with Gasteiger partial charge in [-0.25, -0.2) is 16.7 Å². The van der Waals surface area contributed by atoms with Crippen LogP contribution >= 0.6 is 0 Å². The molecule has 94 valence electrons. The molecular formula is C7H15N3O6. The Balaban J connectivity index is 4.09. The topological polar surface area (TPSA) is 154 Å². The molecule has 0 saturated carbocycles. The molecule has 0 saturated heterocycles. The van der Waals surface area contributed by atoms with E-state index in [4.69, 9.17) is 21.2 Å². The highest BCUT2D eigenvalue weighted by Crippen LogP contribution is 1.91. The second-order valence-electron chi connectivity index (χ2n) is 2.91. The first-order chi connectivity index (χ1) is 7.52. The number of aliphatic hydroxyl groups excluding tert-OH is 1. The Morgan fingerprint density at radius 1 is 1.19 bits per heavy atom. The highest BCUT2D eigenvalue weighted by molar-refractivity contribution is 5.74. The molecule has 0 spiro atoms. The predicted octanol–water partition coefficient (Wildman–Crippen LogP) is -2.74. The van der Waals surface area contributed by atoms with Crippen LogP contribution in [0.2, 0.25) is 0 Å². The number of carboxylic acid groups (broad SMARTS) is 2. The van der Waals surface area contributed by atoms with E-state index < -0.39 is 30.6 Å². The van der Waals surface area contributed by atoms with Gasteiger partial charge in [0.25, 0.3) is 0 Å². The van der Waals surface area contributed by atoms with Crippen LogP contribution in [-0.4, -0.2) is 52.6 Å². The number of carboxylic acids is 2. The van der Waals surface area contributed by atoms with Crippen molar-refractivity contribution in [3.63, 3.8) is 0 Å². The first-order valence-corrected chi connectivity index (χ1v) is 4.42. The zero-order chi connectivity index (χ0) is 12.6. The molecule has 0 aliphatic carbocycles. The first-order valence-electron chi connectivity index (χ1n) is 4.42. The van der Waals surface area contributed by atoms with Gasteiger partial charge in [-0.2, -0.15) is 0 Å². The van der Waals surface area contributed by atoms with Crippen LogP contribution in [0.15, 0.2) is 0 Å². The number of hydrogen-bond acceptors (Lipinski definition) is 7. The fraction of sp³-hybridized carbons (Fsp3) is 0.714. The number of rotatable bonds is 9. The Bertz CT molecular complexity index is 236. The monoisotopic (exact) mass is 237 g/mol. The first kappa shape index (κ1) is 14.7. The SMILES string of the molecule is NOCC[C@H](NN[C@@H](CO)C(=O)O)C(=O)O. The van der Waals surface area contributed by atoms with Gasteiger partial charge >= 0.3 is 11.9 Å². The van der Waals surface area contributed by atoms with Gasteiger partial charge < -0.3 is 20.2 Å². The fourth-order valence-electron chi connectivity index (χ4n) is 0.830. The van der Waals surface area contributed by atoms with E-state index in [1.54, 1.807) is 0 Å². The minimum Gasteiger partial charge on any atom is -0.480 e. The quantitative estimate of drug-likeness (QED) is 0.234. The molecule has 0 aromatic carbocycles. The summed E-state index contributed by atoms with van der Waals surface area (Å²) in [6.45, 7) is -0.662. The van der Waals surface area contributed by atoms with Crippen LogP contribution in [0.4, 0.5) is 0 Å². The standard InChI is InChI=1S/C7H15N3O6/c8-16-2-1-4(6(12)13)9-10-5(3-11)7(14)15/h4-5,9-11H,1-3,8H2,(H,12,13)(H,14,15)/t4-,5-/m0/s1. The summed E-state index contributed by atoms with van der Waals surface area (Å²) in [5, 5.41) is 25.9. The van der Waals surface area contributed by atoms with Crippen LogP contribution in [0.25, 0.3) is 0 Å². The number of nitrogens with two attached hydrogens (primary N) is 1. The summed E-state index contributed by atoms with van der Waals surface area (Å²) in [5.74, 6) is 2.25. The maximum Gasteiger partial charge on any atom is 0.324 e. The minimum atomic E-state index is -1.30. The summed E-state index contributed by atoms with van der Waals surface area (Å²) >= 11 is 0. The summed E-state index contributed by atoms with van der Waals surface area (Å²) < 4.78 is 0. The van der Waals surface area contributed by atoms with Gasteiger partial charge in [0.2, 0.25) is 0 Å². The van der Waals surface area contributed by atoms with Gasteiger partial charge in [-0.05, 0) is 0 Å². The summed E-state index contributed by atoms with van der Waals surface area (Å²) in [6, 6.07) is -2.34. The third-order valence-corrected chi connectivity index (χ3v) is 1.73. The zero-order valence-corrected chi connectivity index (χ0v) is 8.42. The van der Waals surface area contributed by atoms with E-state index in [2.05, 4.69) is 15.7 Å². The number of carbonyl (C=O) groups is 2. The van der Waals surface area contributed by atoms with Gasteiger partial charge in [0.1, 0.15) is 12.1 Å². The van der Waals surface area contributed by atoms with E-state index in [0.29, 0.717) is 0 Å². The Labute approximate surface area is 91.1 Å². The minimum absolute atomic E-state index is 0.00249. The number of hydrazine groups is 1. The molecule has 7 N–H and O–H groups in total. The molecule has 0 bridgehead atoms. The third kappa shape index (κ3) is 5.58. The van der Waals surface area contributed by atoms with Crippen molar-refractivity contribution in [1.29, 1.82) is 0 Å². The molecule has 0 rings (SSSR count). The van der Waals surface area contributed by atoms with Gasteiger partial charge in [-0.3, -0.25) is 9.59 Å². The number of nitrogens with one attached hydrogen (secondary N) is 2. The Kier molecular flexibility index (Phi) is 7.33. The average Bonchev–Trinajstić information content (AvgIpc) is 2.22. The van der Waals surface area contributed by atoms with Crippen LogP contribution in [0, 0.1) is 0 Å². The third-order valence-electron chi connectivity index (χ3n) is 1.73. The molecule has 0 unspecified atom stereocenters. The van der Waals surface area contributed by atoms with Gasteiger partial charge in [0, 0.05) is 6.42 Å². The summed E-state index contributed by atoms with van der Waals surface area (Å²) in [7, 11) is 0. The largest absolute Gasteiger partial charge is 0.480 e. The van der Waals surface area contributed by atoms with Crippen molar-refractivity contribution in [2.24, 2.45) is 5.90 Å². The summed E-state index contributed by atoms with van der Waals surface area (Å²) in [4.78, 5) is 25.3. The van der Waals surface area contributed by atoms with E-state index in [9.17, 15) is 9.59 Å². The van der Waals surface area contributed by atoms with Gasteiger partial charge in [0.05, 0.1) is 13.2 Å². The Morgan fingerprint density at radius 3 is 2.06 bits per heavy atom. The Morgan fingerprint density at radius 2 is 1.69 bits per heavy atom. The Hall–Kier alpha value is -1.26. The lowest BCUT2D eigenvalue weighted by molar-refractivity contribution is -0.144. The van der Waals surface area contributed by atoms with Crippen LogP contribution in [-0.2, 0) is 14.4 Å². The van der Waals surface area contributed by atoms with Crippen molar-refractivity contribution in [2.45, 2.75) is 18.5 Å². The highest BCUT2D eigenvalue weighted by Gasteiger charge is 2.21. The molecule has 0 aliphatic heterocycles. The van der Waals surface area contributed by atoms with Gasteiger partial charge in [0.15, 0.2) is 0 Å². The lowest BCUT2D eigenvalue weighted by Gasteiger charge is -2.17. The van der Waals surface area contributed by atoms with Crippen LogP contribution < -0.4 is 16.7 Å². The average molecular weight is 237 g/mol. The maximum atomic E-state index is 10.7. The highest BCUT2D eigenvalue weighted by atomic mass is 16.6. The summed E-state index contributed by atoms with van der Waals surface area (Å²) in [6.07, 6.45) is 0.0522. The zero-order valence-electron chi connectivity index (χ0n) is 8.42. The predicted molar refractivity (Wildman–Crippen MR) is 51.0 cm³/mol. The molecule has 0 fully saturated rings. The van der Waals surface area contributed by atoms with Crippen molar-refractivity contribution in [3.05, 3.63) is 0 Å². The van der Waals surface area contributed by atoms with Crippen molar-refractivity contribution >= 4 is 11.9 Å². The van der Waals surface area contributed by atoms with Gasteiger partial charge in [-0.1, -0.05) is 0 Å². The second kappa shape index (κ2) is 7.96. The van der Waals surface area contributed by atoms with E-state index in [1.807, 2.05) is 0 Å². The molecule has 0 aliphatic rings. The molecule has 0 aromatic rings. The van der Waals surface area contributed by atoms with E-state index in [0.717, 1.165) is 0 Å². The van der Waals surface area contributed by atoms with E-state index in [1.165, 1.54) is 0 Å². The van der Waals surface area contributed by atoms with Gasteiger partial charge in [-0.15, -0.1) is 0 Å². The second-order valence-corrected chi connectivity index (χ2v) is 2.91. The van der Waals surface area contributed by atoms with Crippen molar-refractivity contribution in [1.82, 2.24) is 10.9 Å². The van der Waals surface area contributed by atoms with Crippen molar-refractivity contribution in [2.75, 3.05) is 13.2 Å². The molecule has 0 radical (unpaired) electrons. The fourth-order valence-corrected chi connectivity index (χ4v) is 0.830. The normalized spacial score (nSPS) is 14.4. The molecule has 9 heteroatoms. The number of aliphatic hydroxyl groups is 1. The van der Waals surface area contributed by atoms with Crippen molar-refractivity contribution in [3.8, 4) is 0 Å². The smallest absolute Gasteiger partial charge is 0.324 e. The molecule has 0 heterocycles. The molecule has 0 aromatic heterocycles. The van der Waals surface area contributed by atoms with Crippen LogP contribution in [0.1, 0.15) is 6.42 Å².